The summed E-state index contributed by atoms with van der Waals surface area (Å²) in [5.74, 6) is 1.46. The molecule has 2 aromatic rings. The first-order chi connectivity index (χ1) is 14.7. The monoisotopic (exact) mass is 452 g/mol. The van der Waals surface area contributed by atoms with Gasteiger partial charge in [0, 0.05) is 12.6 Å². The molecule has 0 aromatic heterocycles. The van der Waals surface area contributed by atoms with Crippen LogP contribution in [0.2, 0.25) is 0 Å². The van der Waals surface area contributed by atoms with E-state index >= 15 is 0 Å². The minimum absolute atomic E-state index is 0.0323. The lowest BCUT2D eigenvalue weighted by molar-refractivity contribution is -0.122. The molecule has 2 aromatic carbocycles. The van der Waals surface area contributed by atoms with Crippen molar-refractivity contribution in [2.75, 3.05) is 35.0 Å². The van der Waals surface area contributed by atoms with Gasteiger partial charge in [0.2, 0.25) is 15.9 Å². The number of ether oxygens (including phenoxy) is 4. The van der Waals surface area contributed by atoms with Crippen molar-refractivity contribution >= 4 is 15.9 Å². The third-order valence-electron chi connectivity index (χ3n) is 4.55. The molecule has 170 valence electrons. The number of carbonyl (C=O) groups is 1. The molecule has 0 fully saturated rings. The molecular formula is C21H28N2O7S. The number of carbonyl (C=O) groups excluding carboxylic acids is 1. The molecule has 0 radical (unpaired) electrons. The summed E-state index contributed by atoms with van der Waals surface area (Å²) in [7, 11) is 2.05. The molecular weight excluding hydrogens is 424 g/mol. The van der Waals surface area contributed by atoms with Crippen LogP contribution in [0.15, 0.2) is 41.3 Å². The van der Waals surface area contributed by atoms with Crippen LogP contribution in [0.1, 0.15) is 12.5 Å². The van der Waals surface area contributed by atoms with E-state index in [2.05, 4.69) is 10.0 Å². The molecule has 1 unspecified atom stereocenters. The van der Waals surface area contributed by atoms with E-state index in [4.69, 9.17) is 18.9 Å². The van der Waals surface area contributed by atoms with Crippen LogP contribution < -0.4 is 29.0 Å². The van der Waals surface area contributed by atoms with Crippen molar-refractivity contribution in [3.8, 4) is 23.0 Å². The molecule has 1 amide bonds. The van der Waals surface area contributed by atoms with Gasteiger partial charge in [-0.15, -0.1) is 0 Å². The lowest BCUT2D eigenvalue weighted by Crippen LogP contribution is -2.45. The van der Waals surface area contributed by atoms with Gasteiger partial charge in [0.15, 0.2) is 23.0 Å². The van der Waals surface area contributed by atoms with Gasteiger partial charge in [-0.05, 0) is 43.2 Å². The Morgan fingerprint density at radius 3 is 2.00 bits per heavy atom. The largest absolute Gasteiger partial charge is 0.493 e. The second-order valence-electron chi connectivity index (χ2n) is 6.59. The molecule has 31 heavy (non-hydrogen) atoms. The van der Waals surface area contributed by atoms with E-state index < -0.39 is 22.0 Å². The Hall–Kier alpha value is -2.98. The smallest absolute Gasteiger partial charge is 0.241 e. The number of amides is 1. The van der Waals surface area contributed by atoms with Gasteiger partial charge >= 0.3 is 0 Å². The summed E-state index contributed by atoms with van der Waals surface area (Å²) in [5, 5.41) is 2.73. The number of rotatable bonds is 11. The molecule has 0 aliphatic rings. The quantitative estimate of drug-likeness (QED) is 0.534. The van der Waals surface area contributed by atoms with Crippen LogP contribution in [0, 0.1) is 0 Å². The number of hydrogen-bond acceptors (Lipinski definition) is 7. The minimum atomic E-state index is -3.93. The van der Waals surface area contributed by atoms with E-state index in [1.54, 1.807) is 20.3 Å². The number of nitrogens with one attached hydrogen (secondary N) is 2. The fourth-order valence-electron chi connectivity index (χ4n) is 2.86. The highest BCUT2D eigenvalue weighted by Gasteiger charge is 2.23. The van der Waals surface area contributed by atoms with Crippen molar-refractivity contribution in [1.82, 2.24) is 10.0 Å². The van der Waals surface area contributed by atoms with E-state index in [1.165, 1.54) is 39.3 Å². The van der Waals surface area contributed by atoms with Gasteiger partial charge in [-0.1, -0.05) is 6.07 Å². The molecule has 0 saturated carbocycles. The Bertz CT molecular complexity index is 1010. The first-order valence-corrected chi connectivity index (χ1v) is 11.0. The molecule has 2 N–H and O–H groups in total. The Morgan fingerprint density at radius 2 is 1.42 bits per heavy atom. The van der Waals surface area contributed by atoms with Crippen molar-refractivity contribution in [3.63, 3.8) is 0 Å². The van der Waals surface area contributed by atoms with Gasteiger partial charge in [0.25, 0.3) is 0 Å². The summed E-state index contributed by atoms with van der Waals surface area (Å²) >= 11 is 0. The number of sulfonamides is 1. The highest BCUT2D eigenvalue weighted by atomic mass is 32.2. The predicted octanol–water partition coefficient (Wildman–Crippen LogP) is 1.75. The van der Waals surface area contributed by atoms with Crippen LogP contribution in [-0.4, -0.2) is 55.4 Å². The average Bonchev–Trinajstić information content (AvgIpc) is 2.77. The molecule has 0 bridgehead atoms. The Kier molecular flexibility index (Phi) is 8.52. The maximum Gasteiger partial charge on any atom is 0.241 e. The first kappa shape index (κ1) is 24.3. The van der Waals surface area contributed by atoms with Gasteiger partial charge in [0.1, 0.15) is 0 Å². The number of benzene rings is 2. The highest BCUT2D eigenvalue weighted by molar-refractivity contribution is 7.89. The Labute approximate surface area is 182 Å². The molecule has 0 spiro atoms. The Balaban J connectivity index is 1.96. The Morgan fingerprint density at radius 1 is 0.871 bits per heavy atom. The van der Waals surface area contributed by atoms with E-state index in [-0.39, 0.29) is 10.6 Å². The van der Waals surface area contributed by atoms with Crippen molar-refractivity contribution in [2.24, 2.45) is 0 Å². The van der Waals surface area contributed by atoms with Gasteiger partial charge < -0.3 is 24.3 Å². The normalized spacial score (nSPS) is 12.0. The van der Waals surface area contributed by atoms with Crippen LogP contribution in [-0.2, 0) is 21.2 Å². The van der Waals surface area contributed by atoms with E-state index in [1.807, 2.05) is 12.1 Å². The zero-order valence-corrected chi connectivity index (χ0v) is 19.0. The number of methoxy groups -OCH3 is 4. The third kappa shape index (κ3) is 6.25. The summed E-state index contributed by atoms with van der Waals surface area (Å²) < 4.78 is 48.3. The summed E-state index contributed by atoms with van der Waals surface area (Å²) in [6.07, 6.45) is 0.543. The van der Waals surface area contributed by atoms with E-state index in [9.17, 15) is 13.2 Å². The summed E-state index contributed by atoms with van der Waals surface area (Å²) in [6, 6.07) is 8.72. The van der Waals surface area contributed by atoms with Gasteiger partial charge in [-0.3, -0.25) is 4.79 Å². The van der Waals surface area contributed by atoms with E-state index in [0.717, 1.165) is 5.56 Å². The fourth-order valence-corrected chi connectivity index (χ4v) is 4.08. The summed E-state index contributed by atoms with van der Waals surface area (Å²) in [5.41, 5.74) is 0.941. The second-order valence-corrected chi connectivity index (χ2v) is 8.30. The minimum Gasteiger partial charge on any atom is -0.493 e. The van der Waals surface area contributed by atoms with Gasteiger partial charge in [0.05, 0.1) is 39.4 Å². The molecule has 0 aliphatic heterocycles. The topological polar surface area (TPSA) is 112 Å². The molecule has 0 saturated heterocycles. The van der Waals surface area contributed by atoms with Crippen molar-refractivity contribution in [3.05, 3.63) is 42.0 Å². The van der Waals surface area contributed by atoms with Crippen LogP contribution in [0.4, 0.5) is 0 Å². The first-order valence-electron chi connectivity index (χ1n) is 9.48. The molecule has 1 atom stereocenters. The average molecular weight is 453 g/mol. The highest BCUT2D eigenvalue weighted by Crippen LogP contribution is 2.29. The number of hydrogen-bond donors (Lipinski definition) is 2. The summed E-state index contributed by atoms with van der Waals surface area (Å²) in [6.45, 7) is 1.81. The van der Waals surface area contributed by atoms with Crippen LogP contribution >= 0.6 is 0 Å². The molecule has 9 nitrogen and oxygen atoms in total. The fraction of sp³-hybridized carbons (Fsp3) is 0.381. The molecule has 0 heterocycles. The van der Waals surface area contributed by atoms with Gasteiger partial charge in [-0.2, -0.15) is 4.72 Å². The van der Waals surface area contributed by atoms with Crippen molar-refractivity contribution in [2.45, 2.75) is 24.3 Å². The maximum absolute atomic E-state index is 12.6. The molecule has 2 rings (SSSR count). The lowest BCUT2D eigenvalue weighted by Gasteiger charge is -2.16. The molecule has 0 aliphatic carbocycles. The third-order valence-corrected chi connectivity index (χ3v) is 6.09. The zero-order valence-electron chi connectivity index (χ0n) is 18.2. The predicted molar refractivity (Wildman–Crippen MR) is 116 cm³/mol. The lowest BCUT2D eigenvalue weighted by atomic mass is 10.1. The van der Waals surface area contributed by atoms with E-state index in [0.29, 0.717) is 30.2 Å². The SMILES string of the molecule is COc1ccc(CCNC(=O)C(C)NS(=O)(=O)c2ccc(OC)c(OC)c2)cc1OC. The van der Waals surface area contributed by atoms with Crippen molar-refractivity contribution < 1.29 is 32.2 Å². The zero-order chi connectivity index (χ0) is 23.0. The van der Waals surface area contributed by atoms with Gasteiger partial charge in [-0.25, -0.2) is 8.42 Å². The van der Waals surface area contributed by atoms with Crippen LogP contribution in [0.3, 0.4) is 0 Å². The van der Waals surface area contributed by atoms with Crippen LogP contribution in [0.25, 0.3) is 0 Å². The summed E-state index contributed by atoms with van der Waals surface area (Å²) in [4.78, 5) is 12.3. The molecule has 10 heteroatoms. The van der Waals surface area contributed by atoms with Crippen LogP contribution in [0.5, 0.6) is 23.0 Å². The van der Waals surface area contributed by atoms with Crippen molar-refractivity contribution in [1.29, 1.82) is 0 Å². The second kappa shape index (κ2) is 10.9. The standard InChI is InChI=1S/C21H28N2O7S/c1-14(23-31(25,26)16-7-9-18(28-3)20(13-16)30-5)21(24)22-11-10-15-6-8-17(27-2)19(12-15)29-4/h6-9,12-14,23H,10-11H2,1-5H3,(H,22,24). The maximum atomic E-state index is 12.6.